The van der Waals surface area contributed by atoms with Crippen LogP contribution in [-0.4, -0.2) is 46.3 Å². The molecule has 0 aliphatic carbocycles. The minimum absolute atomic E-state index is 0.0576. The van der Waals surface area contributed by atoms with Gasteiger partial charge in [0, 0.05) is 31.7 Å². The lowest BCUT2D eigenvalue weighted by Gasteiger charge is -2.31. The third kappa shape index (κ3) is 5.08. The number of hydrogen-bond acceptors (Lipinski definition) is 4. The Bertz CT molecular complexity index is 628. The number of hydrogen-bond donors (Lipinski definition) is 0. The minimum Gasteiger partial charge on any atom is -0.466 e. The molecule has 0 unspecified atom stereocenters. The smallest absolute Gasteiger partial charge is 0.309 e. The van der Waals surface area contributed by atoms with Gasteiger partial charge in [0.15, 0.2) is 0 Å². The maximum atomic E-state index is 12.6. The van der Waals surface area contributed by atoms with Crippen LogP contribution in [0.25, 0.3) is 0 Å². The molecular formula is C20H33N3O3. The van der Waals surface area contributed by atoms with Gasteiger partial charge in [-0.1, -0.05) is 13.8 Å². The van der Waals surface area contributed by atoms with Crippen molar-refractivity contribution in [3.63, 3.8) is 0 Å². The summed E-state index contributed by atoms with van der Waals surface area (Å²) in [6.45, 7) is 12.9. The summed E-state index contributed by atoms with van der Waals surface area (Å²) in [5.41, 5.74) is 3.39. The predicted octanol–water partition coefficient (Wildman–Crippen LogP) is 2.89. The number of carbonyl (C=O) groups excluding carboxylic acids is 2. The van der Waals surface area contributed by atoms with E-state index in [1.54, 1.807) is 0 Å². The zero-order valence-electron chi connectivity index (χ0n) is 16.9. The first kappa shape index (κ1) is 20.5. The van der Waals surface area contributed by atoms with Crippen LogP contribution in [0.1, 0.15) is 57.0 Å². The number of carbonyl (C=O) groups is 2. The number of nitrogens with zero attached hydrogens (tertiary/aromatic N) is 3. The van der Waals surface area contributed by atoms with Gasteiger partial charge in [-0.2, -0.15) is 5.10 Å². The van der Waals surface area contributed by atoms with Gasteiger partial charge in [-0.3, -0.25) is 14.3 Å². The van der Waals surface area contributed by atoms with Gasteiger partial charge in [-0.05, 0) is 51.5 Å². The van der Waals surface area contributed by atoms with Gasteiger partial charge >= 0.3 is 5.97 Å². The highest BCUT2D eigenvalue weighted by Crippen LogP contribution is 2.21. The van der Waals surface area contributed by atoms with E-state index in [1.165, 1.54) is 11.3 Å². The van der Waals surface area contributed by atoms with Gasteiger partial charge in [0.25, 0.3) is 0 Å². The van der Waals surface area contributed by atoms with Crippen LogP contribution in [0.2, 0.25) is 0 Å². The van der Waals surface area contributed by atoms with E-state index in [9.17, 15) is 9.59 Å². The number of rotatable bonds is 7. The van der Waals surface area contributed by atoms with Crippen LogP contribution in [0.5, 0.6) is 0 Å². The number of aryl methyl sites for hydroxylation is 1. The van der Waals surface area contributed by atoms with Gasteiger partial charge in [0.05, 0.1) is 18.2 Å². The van der Waals surface area contributed by atoms with Crippen molar-refractivity contribution >= 4 is 11.9 Å². The fourth-order valence-corrected chi connectivity index (χ4v) is 3.63. The zero-order chi connectivity index (χ0) is 19.3. The molecule has 26 heavy (non-hydrogen) atoms. The molecule has 1 amide bonds. The van der Waals surface area contributed by atoms with E-state index >= 15 is 0 Å². The maximum absolute atomic E-state index is 12.6. The summed E-state index contributed by atoms with van der Waals surface area (Å²) >= 11 is 0. The number of ether oxygens (including phenoxy) is 1. The first-order chi connectivity index (χ1) is 12.3. The normalized spacial score (nSPS) is 15.5. The maximum Gasteiger partial charge on any atom is 0.309 e. The second-order valence-corrected chi connectivity index (χ2v) is 7.63. The van der Waals surface area contributed by atoms with Crippen LogP contribution >= 0.6 is 0 Å². The molecule has 0 bridgehead atoms. The fraction of sp³-hybridized carbons (Fsp3) is 0.750. The molecule has 0 aromatic carbocycles. The fourth-order valence-electron chi connectivity index (χ4n) is 3.63. The number of aromatic nitrogens is 2. The third-order valence-corrected chi connectivity index (χ3v) is 5.13. The molecule has 0 saturated carbocycles. The summed E-state index contributed by atoms with van der Waals surface area (Å²) in [7, 11) is 0. The highest BCUT2D eigenvalue weighted by molar-refractivity contribution is 5.77. The average Bonchev–Trinajstić information content (AvgIpc) is 2.86. The van der Waals surface area contributed by atoms with E-state index in [0.717, 1.165) is 18.7 Å². The van der Waals surface area contributed by atoms with Crippen molar-refractivity contribution in [3.05, 3.63) is 17.0 Å². The summed E-state index contributed by atoms with van der Waals surface area (Å²) in [5, 5.41) is 4.63. The van der Waals surface area contributed by atoms with Gasteiger partial charge in [0.1, 0.15) is 0 Å². The topological polar surface area (TPSA) is 64.4 Å². The summed E-state index contributed by atoms with van der Waals surface area (Å²) in [6.07, 6.45) is 2.63. The molecule has 1 aliphatic heterocycles. The Morgan fingerprint density at radius 1 is 1.23 bits per heavy atom. The van der Waals surface area contributed by atoms with E-state index in [2.05, 4.69) is 30.6 Å². The van der Waals surface area contributed by atoms with Crippen molar-refractivity contribution in [1.82, 2.24) is 14.7 Å². The minimum atomic E-state index is -0.122. The highest BCUT2D eigenvalue weighted by atomic mass is 16.5. The SMILES string of the molecule is CCOC(=O)C1CCN(C(=O)CCc2c(C)nn(CC(C)C)c2C)CC1. The molecule has 1 fully saturated rings. The number of likely N-dealkylation sites (tertiary alicyclic amines) is 1. The van der Waals surface area contributed by atoms with Gasteiger partial charge in [-0.15, -0.1) is 0 Å². The van der Waals surface area contributed by atoms with E-state index in [-0.39, 0.29) is 17.8 Å². The average molecular weight is 364 g/mol. The van der Waals surface area contributed by atoms with Crippen LogP contribution < -0.4 is 0 Å². The predicted molar refractivity (Wildman–Crippen MR) is 101 cm³/mol. The molecule has 0 radical (unpaired) electrons. The van der Waals surface area contributed by atoms with Gasteiger partial charge in [0.2, 0.25) is 5.91 Å². The van der Waals surface area contributed by atoms with Crippen LogP contribution in [0.4, 0.5) is 0 Å². The van der Waals surface area contributed by atoms with E-state index in [1.807, 2.05) is 18.7 Å². The molecule has 2 rings (SSSR count). The molecule has 6 heteroatoms. The molecule has 1 aromatic rings. The Labute approximate surface area is 156 Å². The summed E-state index contributed by atoms with van der Waals surface area (Å²) in [6, 6.07) is 0. The second-order valence-electron chi connectivity index (χ2n) is 7.63. The molecule has 1 aliphatic rings. The zero-order valence-corrected chi connectivity index (χ0v) is 16.9. The Morgan fingerprint density at radius 2 is 1.88 bits per heavy atom. The molecule has 1 aromatic heterocycles. The van der Waals surface area contributed by atoms with E-state index < -0.39 is 0 Å². The van der Waals surface area contributed by atoms with Crippen LogP contribution in [0.15, 0.2) is 0 Å². The Hall–Kier alpha value is -1.85. The highest BCUT2D eigenvalue weighted by Gasteiger charge is 2.28. The first-order valence-electron chi connectivity index (χ1n) is 9.80. The number of esters is 1. The molecule has 0 N–H and O–H groups in total. The molecule has 1 saturated heterocycles. The van der Waals surface area contributed by atoms with Crippen molar-refractivity contribution in [2.45, 2.75) is 66.8 Å². The summed E-state index contributed by atoms with van der Waals surface area (Å²) < 4.78 is 7.15. The lowest BCUT2D eigenvalue weighted by Crippen LogP contribution is -2.40. The van der Waals surface area contributed by atoms with Crippen molar-refractivity contribution in [3.8, 4) is 0 Å². The van der Waals surface area contributed by atoms with Crippen LogP contribution in [0, 0.1) is 25.7 Å². The van der Waals surface area contributed by atoms with Gasteiger partial charge in [-0.25, -0.2) is 0 Å². The van der Waals surface area contributed by atoms with Crippen molar-refractivity contribution < 1.29 is 14.3 Å². The lowest BCUT2D eigenvalue weighted by atomic mass is 9.96. The van der Waals surface area contributed by atoms with Crippen molar-refractivity contribution in [2.75, 3.05) is 19.7 Å². The van der Waals surface area contributed by atoms with Crippen LogP contribution in [0.3, 0.4) is 0 Å². The molecule has 146 valence electrons. The van der Waals surface area contributed by atoms with E-state index in [4.69, 9.17) is 4.74 Å². The Kier molecular flexibility index (Phi) is 7.23. The number of piperidine rings is 1. The standard InChI is InChI=1S/C20H33N3O3/c1-6-26-20(25)17-9-11-22(12-10-17)19(24)8-7-18-15(4)21-23(16(18)5)13-14(2)3/h14,17H,6-13H2,1-5H3. The second kappa shape index (κ2) is 9.19. The van der Waals surface area contributed by atoms with Crippen molar-refractivity contribution in [1.29, 1.82) is 0 Å². The number of amides is 1. The largest absolute Gasteiger partial charge is 0.466 e. The molecule has 6 nitrogen and oxygen atoms in total. The van der Waals surface area contributed by atoms with E-state index in [0.29, 0.717) is 44.9 Å². The molecule has 0 spiro atoms. The monoisotopic (exact) mass is 363 g/mol. The first-order valence-corrected chi connectivity index (χ1v) is 9.80. The summed E-state index contributed by atoms with van der Waals surface area (Å²) in [5.74, 6) is 0.534. The molecule has 0 atom stereocenters. The lowest BCUT2D eigenvalue weighted by molar-refractivity contribution is -0.151. The molecule has 2 heterocycles. The van der Waals surface area contributed by atoms with Gasteiger partial charge < -0.3 is 9.64 Å². The van der Waals surface area contributed by atoms with Crippen LogP contribution in [-0.2, 0) is 27.3 Å². The summed E-state index contributed by atoms with van der Waals surface area (Å²) in [4.78, 5) is 26.3. The quantitative estimate of drug-likeness (QED) is 0.699. The Balaban J connectivity index is 1.86. The molecular weight excluding hydrogens is 330 g/mol. The Morgan fingerprint density at radius 3 is 2.46 bits per heavy atom. The van der Waals surface area contributed by atoms with Crippen molar-refractivity contribution in [2.24, 2.45) is 11.8 Å². The third-order valence-electron chi connectivity index (χ3n) is 5.13.